The number of carbonyl (C=O) groups is 1. The monoisotopic (exact) mass is 335 g/mol. The number of likely N-dealkylation sites (N-methyl/N-ethyl adjacent to an activating group) is 1. The zero-order chi connectivity index (χ0) is 17.2. The van der Waals surface area contributed by atoms with Gasteiger partial charge in [0.25, 0.3) is 5.91 Å². The number of benzene rings is 1. The second kappa shape index (κ2) is 6.57. The summed E-state index contributed by atoms with van der Waals surface area (Å²) in [7, 11) is 2.15. The lowest BCUT2D eigenvalue weighted by atomic mass is 10.2. The van der Waals surface area contributed by atoms with Crippen molar-refractivity contribution in [3.8, 4) is 0 Å². The quantitative estimate of drug-likeness (QED) is 0.798. The van der Waals surface area contributed by atoms with Crippen LogP contribution in [-0.4, -0.2) is 53.4 Å². The molecule has 0 aliphatic carbocycles. The second-order valence-corrected chi connectivity index (χ2v) is 6.40. The van der Waals surface area contributed by atoms with E-state index >= 15 is 0 Å². The van der Waals surface area contributed by atoms with E-state index < -0.39 is 0 Å². The Kier molecular flexibility index (Phi) is 4.11. The van der Waals surface area contributed by atoms with Crippen molar-refractivity contribution in [3.05, 3.63) is 60.6 Å². The van der Waals surface area contributed by atoms with Gasteiger partial charge in [0.05, 0.1) is 5.56 Å². The highest BCUT2D eigenvalue weighted by Crippen LogP contribution is 2.20. The normalized spacial score (nSPS) is 15.5. The van der Waals surface area contributed by atoms with E-state index in [1.54, 1.807) is 18.5 Å². The van der Waals surface area contributed by atoms with E-state index in [0.717, 1.165) is 37.5 Å². The van der Waals surface area contributed by atoms with Gasteiger partial charge in [0.1, 0.15) is 5.65 Å². The van der Waals surface area contributed by atoms with Gasteiger partial charge in [-0.05, 0) is 43.4 Å². The maximum absolute atomic E-state index is 12.4. The molecule has 1 aromatic carbocycles. The number of imidazole rings is 1. The third kappa shape index (κ3) is 3.34. The number of nitrogens with zero attached hydrogens (tertiary/aromatic N) is 4. The number of pyridine rings is 1. The number of anilines is 2. The fraction of sp³-hybridized carbons (Fsp3) is 0.263. The van der Waals surface area contributed by atoms with Gasteiger partial charge in [-0.1, -0.05) is 0 Å². The van der Waals surface area contributed by atoms with Crippen molar-refractivity contribution in [1.29, 1.82) is 0 Å². The fourth-order valence-corrected chi connectivity index (χ4v) is 3.08. The third-order valence-corrected chi connectivity index (χ3v) is 4.64. The number of nitrogens with one attached hydrogen (secondary N) is 1. The molecule has 3 aromatic rings. The van der Waals surface area contributed by atoms with Crippen LogP contribution in [0.1, 0.15) is 10.4 Å². The van der Waals surface area contributed by atoms with Gasteiger partial charge in [-0.25, -0.2) is 4.98 Å². The summed E-state index contributed by atoms with van der Waals surface area (Å²) >= 11 is 0. The van der Waals surface area contributed by atoms with Crippen molar-refractivity contribution in [2.24, 2.45) is 0 Å². The number of hydrogen-bond acceptors (Lipinski definition) is 4. The first-order valence-corrected chi connectivity index (χ1v) is 8.47. The molecule has 3 heterocycles. The highest BCUT2D eigenvalue weighted by Gasteiger charge is 2.14. The number of aromatic nitrogens is 2. The first-order chi connectivity index (χ1) is 12.2. The van der Waals surface area contributed by atoms with Gasteiger partial charge in [0.15, 0.2) is 0 Å². The molecule has 1 saturated heterocycles. The molecule has 1 N–H and O–H groups in total. The summed E-state index contributed by atoms with van der Waals surface area (Å²) in [6.45, 7) is 4.23. The summed E-state index contributed by atoms with van der Waals surface area (Å²) in [6, 6.07) is 11.7. The van der Waals surface area contributed by atoms with Gasteiger partial charge in [-0.3, -0.25) is 4.79 Å². The first-order valence-electron chi connectivity index (χ1n) is 8.47. The van der Waals surface area contributed by atoms with Gasteiger partial charge < -0.3 is 19.5 Å². The van der Waals surface area contributed by atoms with E-state index in [1.165, 1.54) is 5.69 Å². The Bertz CT molecular complexity index is 878. The Morgan fingerprint density at radius 3 is 2.56 bits per heavy atom. The number of fused-ring (bicyclic) bond motifs is 1. The maximum Gasteiger partial charge on any atom is 0.257 e. The van der Waals surface area contributed by atoms with Gasteiger partial charge in [-0.15, -0.1) is 0 Å². The maximum atomic E-state index is 12.4. The zero-order valence-electron chi connectivity index (χ0n) is 14.2. The Morgan fingerprint density at radius 1 is 1.04 bits per heavy atom. The molecule has 6 nitrogen and oxygen atoms in total. The van der Waals surface area contributed by atoms with Crippen molar-refractivity contribution in [3.63, 3.8) is 0 Å². The van der Waals surface area contributed by atoms with Crippen LogP contribution in [0.5, 0.6) is 0 Å². The van der Waals surface area contributed by atoms with Gasteiger partial charge in [0, 0.05) is 56.1 Å². The van der Waals surface area contributed by atoms with E-state index in [9.17, 15) is 4.79 Å². The Balaban J connectivity index is 1.44. The largest absolute Gasteiger partial charge is 0.369 e. The van der Waals surface area contributed by atoms with Gasteiger partial charge in [0.2, 0.25) is 0 Å². The van der Waals surface area contributed by atoms with E-state index in [2.05, 4.69) is 39.3 Å². The van der Waals surface area contributed by atoms with Crippen LogP contribution in [0.25, 0.3) is 5.65 Å². The highest BCUT2D eigenvalue weighted by atomic mass is 16.1. The third-order valence-electron chi connectivity index (χ3n) is 4.64. The standard InChI is InChI=1S/C19H21N5O/c1-22-10-12-23(13-11-22)17-5-3-16(4-6-17)21-19(25)15-2-7-18-20-8-9-24(18)14-15/h2-9,14H,10-13H2,1H3,(H,21,25). The summed E-state index contributed by atoms with van der Waals surface area (Å²) in [5, 5.41) is 2.95. The average Bonchev–Trinajstić information content (AvgIpc) is 3.11. The molecule has 1 aliphatic heterocycles. The van der Waals surface area contributed by atoms with Crippen LogP contribution in [0.4, 0.5) is 11.4 Å². The minimum atomic E-state index is -0.122. The molecule has 2 aromatic heterocycles. The topological polar surface area (TPSA) is 52.9 Å². The highest BCUT2D eigenvalue weighted by molar-refractivity contribution is 6.04. The van der Waals surface area contributed by atoms with Crippen LogP contribution >= 0.6 is 0 Å². The van der Waals surface area contributed by atoms with Crippen LogP contribution in [0.2, 0.25) is 0 Å². The number of piperazine rings is 1. The molecule has 25 heavy (non-hydrogen) atoms. The Morgan fingerprint density at radius 2 is 1.80 bits per heavy atom. The molecule has 4 rings (SSSR count). The molecular formula is C19H21N5O. The Labute approximate surface area is 146 Å². The average molecular weight is 335 g/mol. The number of rotatable bonds is 3. The number of hydrogen-bond donors (Lipinski definition) is 1. The van der Waals surface area contributed by atoms with Crippen molar-refractivity contribution >= 4 is 22.9 Å². The molecule has 0 saturated carbocycles. The van der Waals surface area contributed by atoms with Crippen LogP contribution in [0, 0.1) is 0 Å². The summed E-state index contributed by atoms with van der Waals surface area (Å²) in [5.74, 6) is -0.122. The van der Waals surface area contributed by atoms with E-state index in [4.69, 9.17) is 0 Å². The Hall–Kier alpha value is -2.86. The molecule has 0 atom stereocenters. The lowest BCUT2D eigenvalue weighted by molar-refractivity contribution is 0.102. The molecule has 0 radical (unpaired) electrons. The molecule has 0 bridgehead atoms. The molecule has 0 spiro atoms. The van der Waals surface area contributed by atoms with Crippen molar-refractivity contribution in [2.75, 3.05) is 43.4 Å². The van der Waals surface area contributed by atoms with Crippen molar-refractivity contribution in [1.82, 2.24) is 14.3 Å². The summed E-state index contributed by atoms with van der Waals surface area (Å²) in [6.07, 6.45) is 5.33. The van der Waals surface area contributed by atoms with Gasteiger partial charge >= 0.3 is 0 Å². The fourth-order valence-electron chi connectivity index (χ4n) is 3.08. The molecule has 128 valence electrons. The number of amides is 1. The molecule has 6 heteroatoms. The predicted molar refractivity (Wildman–Crippen MR) is 99.3 cm³/mol. The van der Waals surface area contributed by atoms with Crippen LogP contribution in [-0.2, 0) is 0 Å². The summed E-state index contributed by atoms with van der Waals surface area (Å²) in [5.41, 5.74) is 3.43. The lowest BCUT2D eigenvalue weighted by Gasteiger charge is -2.34. The van der Waals surface area contributed by atoms with E-state index in [-0.39, 0.29) is 5.91 Å². The van der Waals surface area contributed by atoms with E-state index in [1.807, 2.05) is 28.8 Å². The SMILES string of the molecule is CN1CCN(c2ccc(NC(=O)c3ccc4nccn4c3)cc2)CC1. The molecule has 1 amide bonds. The second-order valence-electron chi connectivity index (χ2n) is 6.40. The van der Waals surface area contributed by atoms with Crippen molar-refractivity contribution < 1.29 is 4.79 Å². The van der Waals surface area contributed by atoms with Gasteiger partial charge in [-0.2, -0.15) is 0 Å². The van der Waals surface area contributed by atoms with E-state index in [0.29, 0.717) is 5.56 Å². The lowest BCUT2D eigenvalue weighted by Crippen LogP contribution is -2.44. The predicted octanol–water partition coefficient (Wildman–Crippen LogP) is 2.34. The summed E-state index contributed by atoms with van der Waals surface area (Å²) in [4.78, 5) is 21.3. The van der Waals surface area contributed by atoms with Crippen LogP contribution in [0.15, 0.2) is 55.0 Å². The smallest absolute Gasteiger partial charge is 0.257 e. The molecular weight excluding hydrogens is 314 g/mol. The van der Waals surface area contributed by atoms with Crippen LogP contribution < -0.4 is 10.2 Å². The van der Waals surface area contributed by atoms with Crippen molar-refractivity contribution in [2.45, 2.75) is 0 Å². The number of carbonyl (C=O) groups excluding carboxylic acids is 1. The van der Waals surface area contributed by atoms with Crippen LogP contribution in [0.3, 0.4) is 0 Å². The zero-order valence-corrected chi connectivity index (χ0v) is 14.2. The summed E-state index contributed by atoms with van der Waals surface area (Å²) < 4.78 is 1.84. The minimum absolute atomic E-state index is 0.122. The minimum Gasteiger partial charge on any atom is -0.369 e. The molecule has 0 unspecified atom stereocenters. The molecule has 1 fully saturated rings. The first kappa shape index (κ1) is 15.7. The molecule has 1 aliphatic rings.